The van der Waals surface area contributed by atoms with E-state index < -0.39 is 0 Å². The molecule has 3 rings (SSSR count). The molecule has 1 amide bonds. The molecule has 1 aromatic heterocycles. The Morgan fingerprint density at radius 3 is 3.05 bits per heavy atom. The van der Waals surface area contributed by atoms with Crippen LogP contribution in [-0.4, -0.2) is 40.0 Å². The van der Waals surface area contributed by atoms with Crippen LogP contribution in [0.3, 0.4) is 0 Å². The predicted molar refractivity (Wildman–Crippen MR) is 81.3 cm³/mol. The second-order valence-electron chi connectivity index (χ2n) is 5.24. The van der Waals surface area contributed by atoms with E-state index in [0.29, 0.717) is 23.8 Å². The molecule has 6 heteroatoms. The Balaban J connectivity index is 1.75. The summed E-state index contributed by atoms with van der Waals surface area (Å²) in [5.74, 6) is -0.0240. The van der Waals surface area contributed by atoms with E-state index >= 15 is 0 Å². The average molecular weight is 305 g/mol. The number of rotatable bonds is 2. The van der Waals surface area contributed by atoms with Crippen LogP contribution in [-0.2, 0) is 7.05 Å². The molecule has 1 unspecified atom stereocenters. The molecule has 1 aliphatic heterocycles. The zero-order valence-corrected chi connectivity index (χ0v) is 12.5. The number of hydrogen-bond acceptors (Lipinski definition) is 3. The Bertz CT molecular complexity index is 655. The van der Waals surface area contributed by atoms with Crippen molar-refractivity contribution in [2.24, 2.45) is 7.05 Å². The molecule has 1 atom stereocenters. The first kappa shape index (κ1) is 14.1. The first-order chi connectivity index (χ1) is 10.1. The van der Waals surface area contributed by atoms with Crippen molar-refractivity contribution in [2.45, 2.75) is 6.04 Å². The van der Waals surface area contributed by atoms with E-state index in [4.69, 9.17) is 11.6 Å². The number of nitrogens with one attached hydrogen (secondary N) is 1. The van der Waals surface area contributed by atoms with Crippen molar-refractivity contribution in [3.63, 3.8) is 0 Å². The minimum absolute atomic E-state index is 0.0240. The van der Waals surface area contributed by atoms with Gasteiger partial charge in [0.05, 0.1) is 12.4 Å². The van der Waals surface area contributed by atoms with Gasteiger partial charge in [-0.15, -0.1) is 0 Å². The highest BCUT2D eigenvalue weighted by molar-refractivity contribution is 6.30. The summed E-state index contributed by atoms with van der Waals surface area (Å²) < 4.78 is 1.78. The number of carbonyl (C=O) groups is 1. The van der Waals surface area contributed by atoms with E-state index in [9.17, 15) is 4.79 Å². The van der Waals surface area contributed by atoms with Crippen LogP contribution in [0, 0.1) is 0 Å². The van der Waals surface area contributed by atoms with E-state index in [-0.39, 0.29) is 11.9 Å². The lowest BCUT2D eigenvalue weighted by molar-refractivity contribution is 0.0697. The molecule has 1 N–H and O–H groups in total. The van der Waals surface area contributed by atoms with Crippen molar-refractivity contribution in [3.8, 4) is 0 Å². The zero-order valence-electron chi connectivity index (χ0n) is 11.8. The number of carbonyl (C=O) groups excluding carboxylic acids is 1. The smallest absolute Gasteiger partial charge is 0.274 e. The minimum Gasteiger partial charge on any atom is -0.340 e. The van der Waals surface area contributed by atoms with Crippen molar-refractivity contribution in [1.82, 2.24) is 19.8 Å². The Morgan fingerprint density at radius 2 is 2.33 bits per heavy atom. The summed E-state index contributed by atoms with van der Waals surface area (Å²) >= 11 is 6.04. The third-order valence-electron chi connectivity index (χ3n) is 3.64. The van der Waals surface area contributed by atoms with Gasteiger partial charge in [0.25, 0.3) is 5.91 Å². The highest BCUT2D eigenvalue weighted by Crippen LogP contribution is 2.21. The van der Waals surface area contributed by atoms with Crippen LogP contribution in [0.15, 0.2) is 36.8 Å². The topological polar surface area (TPSA) is 50.2 Å². The lowest BCUT2D eigenvalue weighted by Gasteiger charge is -2.33. The number of halogens is 1. The van der Waals surface area contributed by atoms with Crippen molar-refractivity contribution in [3.05, 3.63) is 53.1 Å². The summed E-state index contributed by atoms with van der Waals surface area (Å²) in [6.07, 6.45) is 3.39. The average Bonchev–Trinajstić information content (AvgIpc) is 2.93. The Labute approximate surface area is 128 Å². The minimum atomic E-state index is -0.0240. The molecule has 2 heterocycles. The molecule has 0 spiro atoms. The normalized spacial score (nSPS) is 18.8. The lowest BCUT2D eigenvalue weighted by Crippen LogP contribution is -2.48. The number of imidazole rings is 1. The van der Waals surface area contributed by atoms with Gasteiger partial charge in [0, 0.05) is 37.9 Å². The standard InChI is InChI=1S/C15H17ClN4O/c1-19-8-14(18-10-19)15(21)20-6-5-17-13(9-20)11-3-2-4-12(16)7-11/h2-4,7-8,10,13,17H,5-6,9H2,1H3. The maximum absolute atomic E-state index is 12.5. The Morgan fingerprint density at radius 1 is 1.48 bits per heavy atom. The SMILES string of the molecule is Cn1cnc(C(=O)N2CCNC(c3cccc(Cl)c3)C2)c1. The molecule has 1 aliphatic rings. The van der Waals surface area contributed by atoms with Gasteiger partial charge in [-0.1, -0.05) is 23.7 Å². The van der Waals surface area contributed by atoms with E-state index in [0.717, 1.165) is 12.1 Å². The third kappa shape index (κ3) is 3.09. The zero-order chi connectivity index (χ0) is 14.8. The molecule has 1 fully saturated rings. The van der Waals surface area contributed by atoms with Crippen LogP contribution >= 0.6 is 11.6 Å². The fourth-order valence-electron chi connectivity index (χ4n) is 2.57. The second kappa shape index (κ2) is 5.87. The third-order valence-corrected chi connectivity index (χ3v) is 3.87. The molecular formula is C15H17ClN4O. The fourth-order valence-corrected chi connectivity index (χ4v) is 2.77. The molecule has 1 aromatic carbocycles. The second-order valence-corrected chi connectivity index (χ2v) is 5.67. The largest absolute Gasteiger partial charge is 0.340 e. The summed E-state index contributed by atoms with van der Waals surface area (Å²) in [7, 11) is 1.86. The van der Waals surface area contributed by atoms with Gasteiger partial charge in [-0.05, 0) is 17.7 Å². The Kier molecular flexibility index (Phi) is 3.94. The summed E-state index contributed by atoms with van der Waals surface area (Å²) in [5.41, 5.74) is 1.59. The molecule has 1 saturated heterocycles. The van der Waals surface area contributed by atoms with Gasteiger partial charge in [-0.25, -0.2) is 4.98 Å². The highest BCUT2D eigenvalue weighted by Gasteiger charge is 2.26. The molecule has 5 nitrogen and oxygen atoms in total. The monoisotopic (exact) mass is 304 g/mol. The number of aryl methyl sites for hydroxylation is 1. The number of benzene rings is 1. The number of piperazine rings is 1. The first-order valence-corrected chi connectivity index (χ1v) is 7.27. The van der Waals surface area contributed by atoms with Crippen molar-refractivity contribution in [2.75, 3.05) is 19.6 Å². The van der Waals surface area contributed by atoms with Crippen molar-refractivity contribution < 1.29 is 4.79 Å². The van der Waals surface area contributed by atoms with Gasteiger partial charge in [0.1, 0.15) is 5.69 Å². The predicted octanol–water partition coefficient (Wildman–Crippen LogP) is 1.86. The van der Waals surface area contributed by atoms with E-state index in [1.54, 1.807) is 17.1 Å². The van der Waals surface area contributed by atoms with Crippen LogP contribution in [0.25, 0.3) is 0 Å². The quantitative estimate of drug-likeness (QED) is 0.921. The number of hydrogen-bond donors (Lipinski definition) is 1. The van der Waals surface area contributed by atoms with Gasteiger partial charge in [-0.2, -0.15) is 0 Å². The molecule has 0 aliphatic carbocycles. The molecular weight excluding hydrogens is 288 g/mol. The van der Waals surface area contributed by atoms with Gasteiger partial charge in [-0.3, -0.25) is 4.79 Å². The van der Waals surface area contributed by atoms with Gasteiger partial charge in [0.15, 0.2) is 0 Å². The van der Waals surface area contributed by atoms with E-state index in [2.05, 4.69) is 10.3 Å². The fraction of sp³-hybridized carbons (Fsp3) is 0.333. The molecule has 0 radical (unpaired) electrons. The maximum Gasteiger partial charge on any atom is 0.274 e. The molecule has 0 bridgehead atoms. The van der Waals surface area contributed by atoms with Crippen LogP contribution in [0.5, 0.6) is 0 Å². The van der Waals surface area contributed by atoms with E-state index in [1.807, 2.05) is 36.2 Å². The summed E-state index contributed by atoms with van der Waals surface area (Å²) in [6, 6.07) is 7.85. The first-order valence-electron chi connectivity index (χ1n) is 6.89. The van der Waals surface area contributed by atoms with Crippen LogP contribution in [0.4, 0.5) is 0 Å². The van der Waals surface area contributed by atoms with Crippen molar-refractivity contribution >= 4 is 17.5 Å². The van der Waals surface area contributed by atoms with Gasteiger partial charge in [0.2, 0.25) is 0 Å². The Hall–Kier alpha value is -1.85. The molecule has 110 valence electrons. The number of amides is 1. The van der Waals surface area contributed by atoms with Crippen molar-refractivity contribution in [1.29, 1.82) is 0 Å². The highest BCUT2D eigenvalue weighted by atomic mass is 35.5. The summed E-state index contributed by atoms with van der Waals surface area (Å²) in [5, 5.41) is 4.14. The molecule has 2 aromatic rings. The lowest BCUT2D eigenvalue weighted by atomic mass is 10.0. The molecule has 0 saturated carbocycles. The van der Waals surface area contributed by atoms with Gasteiger partial charge >= 0.3 is 0 Å². The summed E-state index contributed by atoms with van der Waals surface area (Å²) in [6.45, 7) is 2.07. The van der Waals surface area contributed by atoms with Gasteiger partial charge < -0.3 is 14.8 Å². The van der Waals surface area contributed by atoms with Crippen LogP contribution in [0.2, 0.25) is 5.02 Å². The number of aromatic nitrogens is 2. The molecule has 21 heavy (non-hydrogen) atoms. The van der Waals surface area contributed by atoms with E-state index in [1.165, 1.54) is 0 Å². The number of nitrogens with zero attached hydrogens (tertiary/aromatic N) is 3. The van der Waals surface area contributed by atoms with Crippen LogP contribution < -0.4 is 5.32 Å². The maximum atomic E-state index is 12.5. The summed E-state index contributed by atoms with van der Waals surface area (Å²) in [4.78, 5) is 18.4. The van der Waals surface area contributed by atoms with Crippen LogP contribution in [0.1, 0.15) is 22.1 Å².